The number of carbonyl (C=O) groups is 2. The molecule has 0 aromatic heterocycles. The van der Waals surface area contributed by atoms with Crippen LogP contribution < -0.4 is 0 Å². The Morgan fingerprint density at radius 1 is 1.17 bits per heavy atom. The van der Waals surface area contributed by atoms with Crippen LogP contribution in [0.2, 0.25) is 0 Å². The lowest BCUT2D eigenvalue weighted by Crippen LogP contribution is -2.23. The SMILES string of the molecule is N#Cc1ccccc1Sc1ccccc1C(=O)O[C@@H]1CCOC1=O. The topological polar surface area (TPSA) is 76.4 Å². The van der Waals surface area contributed by atoms with E-state index in [0.29, 0.717) is 22.4 Å². The molecule has 24 heavy (non-hydrogen) atoms. The Hall–Kier alpha value is -2.78. The number of esters is 2. The van der Waals surface area contributed by atoms with Crippen LogP contribution in [0.3, 0.4) is 0 Å². The van der Waals surface area contributed by atoms with E-state index in [-0.39, 0.29) is 6.61 Å². The van der Waals surface area contributed by atoms with E-state index in [9.17, 15) is 14.9 Å². The van der Waals surface area contributed by atoms with E-state index in [0.717, 1.165) is 4.90 Å². The first-order valence-electron chi connectivity index (χ1n) is 7.32. The molecule has 1 fully saturated rings. The number of nitrogens with zero attached hydrogens (tertiary/aromatic N) is 1. The molecule has 1 saturated heterocycles. The fourth-order valence-electron chi connectivity index (χ4n) is 2.27. The van der Waals surface area contributed by atoms with Crippen molar-refractivity contribution in [3.63, 3.8) is 0 Å². The first-order valence-corrected chi connectivity index (χ1v) is 8.14. The van der Waals surface area contributed by atoms with Crippen molar-refractivity contribution in [1.29, 1.82) is 5.26 Å². The fourth-order valence-corrected chi connectivity index (χ4v) is 3.28. The van der Waals surface area contributed by atoms with Gasteiger partial charge in [0.2, 0.25) is 6.10 Å². The molecule has 120 valence electrons. The van der Waals surface area contributed by atoms with Crippen molar-refractivity contribution >= 4 is 23.7 Å². The summed E-state index contributed by atoms with van der Waals surface area (Å²) in [5, 5.41) is 9.19. The van der Waals surface area contributed by atoms with Crippen molar-refractivity contribution < 1.29 is 19.1 Å². The van der Waals surface area contributed by atoms with Crippen LogP contribution in [0.25, 0.3) is 0 Å². The second-order valence-corrected chi connectivity index (χ2v) is 6.14. The predicted molar refractivity (Wildman–Crippen MR) is 86.5 cm³/mol. The molecule has 0 aliphatic carbocycles. The number of hydrogen-bond donors (Lipinski definition) is 0. The molecule has 1 atom stereocenters. The first kappa shape index (κ1) is 16.1. The van der Waals surface area contributed by atoms with E-state index < -0.39 is 18.0 Å². The molecule has 0 N–H and O–H groups in total. The summed E-state index contributed by atoms with van der Waals surface area (Å²) < 4.78 is 10.1. The van der Waals surface area contributed by atoms with Gasteiger partial charge in [0, 0.05) is 16.2 Å². The zero-order chi connectivity index (χ0) is 16.9. The van der Waals surface area contributed by atoms with Gasteiger partial charge >= 0.3 is 11.9 Å². The number of ether oxygens (including phenoxy) is 2. The minimum Gasteiger partial charge on any atom is -0.463 e. The smallest absolute Gasteiger partial charge is 0.347 e. The van der Waals surface area contributed by atoms with Gasteiger partial charge in [-0.3, -0.25) is 0 Å². The monoisotopic (exact) mass is 339 g/mol. The van der Waals surface area contributed by atoms with E-state index in [1.807, 2.05) is 12.1 Å². The van der Waals surface area contributed by atoms with Crippen molar-refractivity contribution in [2.45, 2.75) is 22.3 Å². The van der Waals surface area contributed by atoms with Gasteiger partial charge in [-0.25, -0.2) is 9.59 Å². The van der Waals surface area contributed by atoms with E-state index in [1.165, 1.54) is 11.8 Å². The van der Waals surface area contributed by atoms with Gasteiger partial charge in [0.15, 0.2) is 0 Å². The molecule has 1 aliphatic rings. The Kier molecular flexibility index (Phi) is 4.82. The van der Waals surface area contributed by atoms with Gasteiger partial charge in [-0.05, 0) is 24.3 Å². The van der Waals surface area contributed by atoms with Gasteiger partial charge in [0.05, 0.1) is 17.7 Å². The third kappa shape index (κ3) is 3.42. The highest BCUT2D eigenvalue weighted by Crippen LogP contribution is 2.33. The van der Waals surface area contributed by atoms with Crippen LogP contribution in [0.4, 0.5) is 0 Å². The highest BCUT2D eigenvalue weighted by atomic mass is 32.2. The predicted octanol–water partition coefficient (Wildman–Crippen LogP) is 3.18. The maximum atomic E-state index is 12.4. The van der Waals surface area contributed by atoms with Crippen LogP contribution in [0.15, 0.2) is 58.3 Å². The van der Waals surface area contributed by atoms with Crippen molar-refractivity contribution in [3.05, 3.63) is 59.7 Å². The molecular formula is C18H13NO4S. The van der Waals surface area contributed by atoms with Crippen LogP contribution in [-0.2, 0) is 14.3 Å². The number of cyclic esters (lactones) is 1. The summed E-state index contributed by atoms with van der Waals surface area (Å²) in [7, 11) is 0. The standard InChI is InChI=1S/C18H13NO4S/c19-11-12-5-1-3-7-15(12)24-16-8-4-2-6-13(16)17(20)23-14-9-10-22-18(14)21/h1-8,14H,9-10H2/t14-/m1/s1. The molecule has 0 amide bonds. The summed E-state index contributed by atoms with van der Waals surface area (Å²) in [6, 6.07) is 16.2. The van der Waals surface area contributed by atoms with Crippen molar-refractivity contribution in [1.82, 2.24) is 0 Å². The summed E-state index contributed by atoms with van der Waals surface area (Å²) in [5.74, 6) is -1.08. The molecule has 0 spiro atoms. The maximum Gasteiger partial charge on any atom is 0.347 e. The quantitative estimate of drug-likeness (QED) is 0.796. The Morgan fingerprint density at radius 2 is 1.88 bits per heavy atom. The highest BCUT2D eigenvalue weighted by Gasteiger charge is 2.31. The second-order valence-electron chi connectivity index (χ2n) is 5.06. The lowest BCUT2D eigenvalue weighted by molar-refractivity contribution is -0.145. The van der Waals surface area contributed by atoms with Crippen LogP contribution >= 0.6 is 11.8 Å². The molecule has 5 nitrogen and oxygen atoms in total. The Balaban J connectivity index is 1.84. The average molecular weight is 339 g/mol. The van der Waals surface area contributed by atoms with Gasteiger partial charge in [-0.2, -0.15) is 5.26 Å². The van der Waals surface area contributed by atoms with Crippen molar-refractivity contribution in [3.8, 4) is 6.07 Å². The minimum absolute atomic E-state index is 0.267. The summed E-state index contributed by atoms with van der Waals surface area (Å²) >= 11 is 1.31. The van der Waals surface area contributed by atoms with E-state index >= 15 is 0 Å². The lowest BCUT2D eigenvalue weighted by Gasteiger charge is -2.12. The molecular weight excluding hydrogens is 326 g/mol. The van der Waals surface area contributed by atoms with E-state index in [4.69, 9.17) is 9.47 Å². The average Bonchev–Trinajstić information content (AvgIpc) is 3.00. The molecule has 3 rings (SSSR count). The van der Waals surface area contributed by atoms with Gasteiger partial charge in [0.1, 0.15) is 6.07 Å². The molecule has 1 aliphatic heterocycles. The summed E-state index contributed by atoms with van der Waals surface area (Å²) in [5.41, 5.74) is 0.889. The van der Waals surface area contributed by atoms with Gasteiger partial charge in [-0.15, -0.1) is 0 Å². The van der Waals surface area contributed by atoms with Crippen LogP contribution in [0.5, 0.6) is 0 Å². The highest BCUT2D eigenvalue weighted by molar-refractivity contribution is 7.99. The van der Waals surface area contributed by atoms with Crippen LogP contribution in [-0.4, -0.2) is 24.6 Å². The number of nitriles is 1. The summed E-state index contributed by atoms with van der Waals surface area (Å²) in [6.07, 6.45) is -0.473. The van der Waals surface area contributed by atoms with Crippen molar-refractivity contribution in [2.75, 3.05) is 6.61 Å². The third-order valence-corrected chi connectivity index (χ3v) is 4.62. The van der Waals surface area contributed by atoms with Gasteiger partial charge in [-0.1, -0.05) is 36.0 Å². The molecule has 0 saturated carbocycles. The summed E-state index contributed by atoms with van der Waals surface area (Å²) in [4.78, 5) is 25.3. The summed E-state index contributed by atoms with van der Waals surface area (Å²) in [6.45, 7) is 0.267. The molecule has 0 unspecified atom stereocenters. The fraction of sp³-hybridized carbons (Fsp3) is 0.167. The van der Waals surface area contributed by atoms with Crippen molar-refractivity contribution in [2.24, 2.45) is 0 Å². The second kappa shape index (κ2) is 7.20. The molecule has 0 radical (unpaired) electrons. The number of hydrogen-bond acceptors (Lipinski definition) is 6. The number of rotatable bonds is 4. The van der Waals surface area contributed by atoms with Crippen LogP contribution in [0, 0.1) is 11.3 Å². The molecule has 6 heteroatoms. The third-order valence-electron chi connectivity index (χ3n) is 3.47. The lowest BCUT2D eigenvalue weighted by atomic mass is 10.2. The minimum atomic E-state index is -0.845. The molecule has 1 heterocycles. The molecule has 2 aromatic carbocycles. The van der Waals surface area contributed by atoms with Gasteiger partial charge in [0.25, 0.3) is 0 Å². The number of benzene rings is 2. The van der Waals surface area contributed by atoms with Gasteiger partial charge < -0.3 is 9.47 Å². The Morgan fingerprint density at radius 3 is 2.58 bits per heavy atom. The Bertz CT molecular complexity index is 828. The largest absolute Gasteiger partial charge is 0.463 e. The zero-order valence-electron chi connectivity index (χ0n) is 12.6. The van der Waals surface area contributed by atoms with E-state index in [2.05, 4.69) is 6.07 Å². The maximum absolute atomic E-state index is 12.4. The molecule has 2 aromatic rings. The Labute approximate surface area is 143 Å². The molecule has 0 bridgehead atoms. The number of carbonyl (C=O) groups excluding carboxylic acids is 2. The zero-order valence-corrected chi connectivity index (χ0v) is 13.4. The van der Waals surface area contributed by atoms with E-state index in [1.54, 1.807) is 36.4 Å². The first-order chi connectivity index (χ1) is 11.7. The van der Waals surface area contributed by atoms with Crippen LogP contribution in [0.1, 0.15) is 22.3 Å². The normalized spacial score (nSPS) is 16.3.